The summed E-state index contributed by atoms with van der Waals surface area (Å²) < 4.78 is 12.2. The molecule has 0 bridgehead atoms. The fourth-order valence-electron chi connectivity index (χ4n) is 3.87. The molecule has 3 aromatic heterocycles. The summed E-state index contributed by atoms with van der Waals surface area (Å²) in [6, 6.07) is 9.22. The highest BCUT2D eigenvalue weighted by Crippen LogP contribution is 2.23. The number of aromatic nitrogens is 3. The third-order valence-electron chi connectivity index (χ3n) is 5.37. The molecule has 1 fully saturated rings. The van der Waals surface area contributed by atoms with Gasteiger partial charge in [0.2, 0.25) is 0 Å². The summed E-state index contributed by atoms with van der Waals surface area (Å²) >= 11 is 0. The molecule has 4 rings (SSSR count). The molecule has 0 spiro atoms. The van der Waals surface area contributed by atoms with Crippen molar-refractivity contribution in [3.63, 3.8) is 0 Å². The van der Waals surface area contributed by atoms with Gasteiger partial charge in [0.1, 0.15) is 17.1 Å². The number of likely N-dealkylation sites (tertiary alicyclic amines) is 1. The molecule has 0 aliphatic carbocycles. The molecule has 1 amide bonds. The second-order valence-electron chi connectivity index (χ2n) is 9.10. The number of fused-ring (bicyclic) bond motifs is 1. The highest BCUT2D eigenvalue weighted by Gasteiger charge is 2.27. The Hall–Kier alpha value is -3.62. The number of piperidine rings is 1. The van der Waals surface area contributed by atoms with Crippen molar-refractivity contribution < 1.29 is 19.1 Å². The minimum Gasteiger partial charge on any atom is -0.465 e. The van der Waals surface area contributed by atoms with Crippen molar-refractivity contribution in [3.05, 3.63) is 48.3 Å². The van der Waals surface area contributed by atoms with E-state index in [1.807, 2.05) is 43.4 Å². The van der Waals surface area contributed by atoms with Crippen molar-refractivity contribution in [2.45, 2.75) is 45.3 Å². The molecule has 4 heterocycles. The zero-order valence-corrected chi connectivity index (χ0v) is 19.4. The zero-order valence-electron chi connectivity index (χ0n) is 19.4. The van der Waals surface area contributed by atoms with Crippen molar-refractivity contribution in [2.75, 3.05) is 25.5 Å². The van der Waals surface area contributed by atoms with Gasteiger partial charge in [0.25, 0.3) is 0 Å². The molecule has 9 heteroatoms. The first-order chi connectivity index (χ1) is 15.7. The number of methoxy groups -OCH3 is 1. The smallest absolute Gasteiger partial charge is 0.410 e. The van der Waals surface area contributed by atoms with E-state index in [0.29, 0.717) is 24.3 Å². The van der Waals surface area contributed by atoms with Crippen LogP contribution in [0, 0.1) is 0 Å². The minimum atomic E-state index is -0.515. The Kier molecular flexibility index (Phi) is 6.22. The molecular weight excluding hydrogens is 422 g/mol. The van der Waals surface area contributed by atoms with E-state index in [9.17, 15) is 9.59 Å². The molecule has 0 aromatic carbocycles. The van der Waals surface area contributed by atoms with Gasteiger partial charge in [-0.15, -0.1) is 0 Å². The van der Waals surface area contributed by atoms with Gasteiger partial charge in [-0.3, -0.25) is 4.40 Å². The van der Waals surface area contributed by atoms with Crippen LogP contribution in [0.25, 0.3) is 17.0 Å². The SMILES string of the molecule is COC(=O)c1ccn2c(-c3cccc(NC4CCCN(C(=O)OC(C)(C)C)C4)n3)cnc2c1. The Labute approximate surface area is 192 Å². The Morgan fingerprint density at radius 1 is 1.21 bits per heavy atom. The van der Waals surface area contributed by atoms with Gasteiger partial charge in [0.15, 0.2) is 0 Å². The Balaban J connectivity index is 1.49. The molecule has 1 N–H and O–H groups in total. The number of imidazole rings is 1. The molecule has 174 valence electrons. The molecular formula is C24H29N5O4. The fraction of sp³-hybridized carbons (Fsp3) is 0.417. The van der Waals surface area contributed by atoms with Gasteiger partial charge in [-0.05, 0) is 57.9 Å². The van der Waals surface area contributed by atoms with Gasteiger partial charge in [0, 0.05) is 25.3 Å². The van der Waals surface area contributed by atoms with E-state index in [-0.39, 0.29) is 12.1 Å². The van der Waals surface area contributed by atoms with Crippen molar-refractivity contribution in [3.8, 4) is 11.4 Å². The second kappa shape index (κ2) is 9.09. The monoisotopic (exact) mass is 451 g/mol. The van der Waals surface area contributed by atoms with Crippen LogP contribution in [0.5, 0.6) is 0 Å². The fourth-order valence-corrected chi connectivity index (χ4v) is 3.87. The van der Waals surface area contributed by atoms with Gasteiger partial charge in [-0.2, -0.15) is 0 Å². The van der Waals surface area contributed by atoms with Gasteiger partial charge >= 0.3 is 12.1 Å². The molecule has 1 saturated heterocycles. The first-order valence-corrected chi connectivity index (χ1v) is 11.0. The summed E-state index contributed by atoms with van der Waals surface area (Å²) in [6.45, 7) is 6.87. The molecule has 0 radical (unpaired) electrons. The molecule has 1 atom stereocenters. The standard InChI is InChI=1S/C24H29N5O4/c1-24(2,3)33-23(31)28-11-6-7-17(15-28)26-20-9-5-8-18(27-20)19-14-25-21-13-16(22(30)32-4)10-12-29(19)21/h5,8-10,12-14,17H,6-7,11,15H2,1-4H3,(H,26,27). The second-order valence-corrected chi connectivity index (χ2v) is 9.10. The van der Waals surface area contributed by atoms with Gasteiger partial charge in [-0.25, -0.2) is 19.6 Å². The molecule has 1 aliphatic heterocycles. The minimum absolute atomic E-state index is 0.0822. The van der Waals surface area contributed by atoms with Crippen molar-refractivity contribution >= 4 is 23.5 Å². The summed E-state index contributed by atoms with van der Waals surface area (Å²) in [5.41, 5.74) is 2.12. The number of pyridine rings is 2. The molecule has 1 unspecified atom stereocenters. The quantitative estimate of drug-likeness (QED) is 0.599. The topological polar surface area (TPSA) is 98.1 Å². The first-order valence-electron chi connectivity index (χ1n) is 11.0. The van der Waals surface area contributed by atoms with Crippen LogP contribution in [-0.2, 0) is 9.47 Å². The third kappa shape index (κ3) is 5.24. The number of nitrogens with one attached hydrogen (secondary N) is 1. The largest absolute Gasteiger partial charge is 0.465 e. The van der Waals surface area contributed by atoms with E-state index in [1.54, 1.807) is 29.4 Å². The van der Waals surface area contributed by atoms with Crippen LogP contribution in [0.3, 0.4) is 0 Å². The number of amides is 1. The average molecular weight is 452 g/mol. The normalized spacial score (nSPS) is 16.5. The van der Waals surface area contributed by atoms with E-state index in [4.69, 9.17) is 14.5 Å². The number of ether oxygens (including phenoxy) is 2. The molecule has 33 heavy (non-hydrogen) atoms. The number of nitrogens with zero attached hydrogens (tertiary/aromatic N) is 4. The summed E-state index contributed by atoms with van der Waals surface area (Å²) in [5.74, 6) is 0.323. The summed E-state index contributed by atoms with van der Waals surface area (Å²) in [6.07, 6.45) is 5.07. The summed E-state index contributed by atoms with van der Waals surface area (Å²) in [7, 11) is 1.35. The van der Waals surface area contributed by atoms with Crippen molar-refractivity contribution in [1.29, 1.82) is 0 Å². The maximum Gasteiger partial charge on any atom is 0.410 e. The Morgan fingerprint density at radius 3 is 2.79 bits per heavy atom. The third-order valence-corrected chi connectivity index (χ3v) is 5.37. The van der Waals surface area contributed by atoms with Crippen LogP contribution in [0.1, 0.15) is 44.0 Å². The molecule has 1 aliphatic rings. The lowest BCUT2D eigenvalue weighted by molar-refractivity contribution is 0.0206. The summed E-state index contributed by atoms with van der Waals surface area (Å²) in [4.78, 5) is 35.2. The lowest BCUT2D eigenvalue weighted by Crippen LogP contribution is -2.47. The van der Waals surface area contributed by atoms with Crippen LogP contribution >= 0.6 is 0 Å². The van der Waals surface area contributed by atoms with Gasteiger partial charge in [0.05, 0.1) is 30.3 Å². The van der Waals surface area contributed by atoms with E-state index < -0.39 is 11.6 Å². The van der Waals surface area contributed by atoms with Crippen LogP contribution < -0.4 is 5.32 Å². The molecule has 0 saturated carbocycles. The number of hydrogen-bond acceptors (Lipinski definition) is 7. The lowest BCUT2D eigenvalue weighted by atomic mass is 10.1. The van der Waals surface area contributed by atoms with Gasteiger partial charge in [-0.1, -0.05) is 6.07 Å². The maximum absolute atomic E-state index is 12.5. The number of rotatable bonds is 4. The predicted octanol–water partition coefficient (Wildman–Crippen LogP) is 3.99. The van der Waals surface area contributed by atoms with Crippen molar-refractivity contribution in [2.24, 2.45) is 0 Å². The number of hydrogen-bond donors (Lipinski definition) is 1. The molecule has 3 aromatic rings. The van der Waals surface area contributed by atoms with Crippen LogP contribution in [0.15, 0.2) is 42.7 Å². The van der Waals surface area contributed by atoms with Crippen molar-refractivity contribution in [1.82, 2.24) is 19.3 Å². The Morgan fingerprint density at radius 2 is 2.03 bits per heavy atom. The number of carbonyl (C=O) groups is 2. The van der Waals surface area contributed by atoms with E-state index in [2.05, 4.69) is 10.3 Å². The Bertz CT molecular complexity index is 1170. The maximum atomic E-state index is 12.5. The van der Waals surface area contributed by atoms with Crippen LogP contribution in [-0.4, -0.2) is 63.2 Å². The summed E-state index contributed by atoms with van der Waals surface area (Å²) in [5, 5.41) is 3.46. The predicted molar refractivity (Wildman–Crippen MR) is 124 cm³/mol. The van der Waals surface area contributed by atoms with E-state index in [0.717, 1.165) is 30.0 Å². The zero-order chi connectivity index (χ0) is 23.6. The van der Waals surface area contributed by atoms with E-state index >= 15 is 0 Å². The highest BCUT2D eigenvalue weighted by atomic mass is 16.6. The number of esters is 1. The molecule has 9 nitrogen and oxygen atoms in total. The number of carbonyl (C=O) groups excluding carboxylic acids is 2. The first kappa shape index (κ1) is 22.6. The van der Waals surface area contributed by atoms with Crippen LogP contribution in [0.2, 0.25) is 0 Å². The van der Waals surface area contributed by atoms with E-state index in [1.165, 1.54) is 7.11 Å². The lowest BCUT2D eigenvalue weighted by Gasteiger charge is -2.34. The van der Waals surface area contributed by atoms with Crippen LogP contribution in [0.4, 0.5) is 10.6 Å². The number of anilines is 1. The highest BCUT2D eigenvalue weighted by molar-refractivity contribution is 5.90. The van der Waals surface area contributed by atoms with Gasteiger partial charge < -0.3 is 19.7 Å². The average Bonchev–Trinajstić information content (AvgIpc) is 3.21.